The molecule has 0 unspecified atom stereocenters. The van der Waals surface area contributed by atoms with Gasteiger partial charge in [-0.1, -0.05) is 11.3 Å². The topological polar surface area (TPSA) is 71.2 Å². The number of thiazole rings is 1. The van der Waals surface area contributed by atoms with Gasteiger partial charge in [0, 0.05) is 24.9 Å². The minimum absolute atomic E-state index is 0.0429. The first kappa shape index (κ1) is 13.1. The second-order valence-electron chi connectivity index (χ2n) is 4.91. The fourth-order valence-corrected chi connectivity index (χ4v) is 3.86. The van der Waals surface area contributed by atoms with Crippen molar-refractivity contribution >= 4 is 40.0 Å². The summed E-state index contributed by atoms with van der Waals surface area (Å²) in [6.45, 7) is 1.64. The second kappa shape index (κ2) is 5.58. The van der Waals surface area contributed by atoms with Crippen LogP contribution in [0.5, 0.6) is 0 Å². The van der Waals surface area contributed by atoms with Crippen LogP contribution in [0.1, 0.15) is 28.9 Å². The monoisotopic (exact) mass is 298 g/mol. The highest BCUT2D eigenvalue weighted by Gasteiger charge is 2.26. The van der Waals surface area contributed by atoms with Gasteiger partial charge in [0.1, 0.15) is 10.7 Å². The highest BCUT2D eigenvalue weighted by molar-refractivity contribution is 7.99. The van der Waals surface area contributed by atoms with E-state index in [1.54, 1.807) is 0 Å². The van der Waals surface area contributed by atoms with E-state index >= 15 is 0 Å². The van der Waals surface area contributed by atoms with Crippen LogP contribution in [0.25, 0.3) is 0 Å². The number of aromatic nitrogens is 1. The van der Waals surface area contributed by atoms with Gasteiger partial charge < -0.3 is 16.0 Å². The van der Waals surface area contributed by atoms with Crippen molar-refractivity contribution in [3.05, 3.63) is 4.88 Å². The molecule has 2 heterocycles. The van der Waals surface area contributed by atoms with Crippen molar-refractivity contribution in [2.24, 2.45) is 0 Å². The molecule has 0 spiro atoms. The fourth-order valence-electron chi connectivity index (χ4n) is 2.04. The maximum absolute atomic E-state index is 12.5. The van der Waals surface area contributed by atoms with E-state index in [0.717, 1.165) is 36.1 Å². The molecule has 0 atom stereocenters. The lowest BCUT2D eigenvalue weighted by molar-refractivity contribution is 0.0774. The Morgan fingerprint density at radius 1 is 1.37 bits per heavy atom. The Morgan fingerprint density at radius 2 is 2.21 bits per heavy atom. The average Bonchev–Trinajstić information content (AvgIpc) is 3.16. The minimum Gasteiger partial charge on any atom is -0.382 e. The van der Waals surface area contributed by atoms with Gasteiger partial charge in [0.15, 0.2) is 5.13 Å². The molecule has 0 radical (unpaired) electrons. The maximum Gasteiger partial charge on any atom is 0.267 e. The number of amides is 1. The van der Waals surface area contributed by atoms with Crippen LogP contribution in [0, 0.1) is 0 Å². The predicted octanol–water partition coefficient (Wildman–Crippen LogP) is 1.88. The van der Waals surface area contributed by atoms with Crippen molar-refractivity contribution in [2.45, 2.75) is 25.3 Å². The Bertz CT molecular complexity index is 464. The molecule has 104 valence electrons. The van der Waals surface area contributed by atoms with Gasteiger partial charge in [-0.3, -0.25) is 4.79 Å². The van der Waals surface area contributed by atoms with Crippen LogP contribution in [0.4, 0.5) is 10.9 Å². The van der Waals surface area contributed by atoms with Gasteiger partial charge >= 0.3 is 0 Å². The number of hydrogen-bond acceptors (Lipinski definition) is 6. The lowest BCUT2D eigenvalue weighted by Crippen LogP contribution is -2.32. The fraction of sp³-hybridized carbons (Fsp3) is 0.667. The van der Waals surface area contributed by atoms with Gasteiger partial charge in [0.2, 0.25) is 0 Å². The van der Waals surface area contributed by atoms with Crippen LogP contribution in [-0.2, 0) is 0 Å². The molecule has 7 heteroatoms. The first-order chi connectivity index (χ1) is 9.24. The number of nitrogen functional groups attached to an aromatic ring is 1. The predicted molar refractivity (Wildman–Crippen MR) is 81.0 cm³/mol. The number of carbonyl (C=O) groups excluding carboxylic acids is 1. The van der Waals surface area contributed by atoms with Crippen LogP contribution < -0.4 is 11.1 Å². The molecule has 19 heavy (non-hydrogen) atoms. The minimum atomic E-state index is 0.0429. The van der Waals surface area contributed by atoms with E-state index in [1.165, 1.54) is 24.2 Å². The summed E-state index contributed by atoms with van der Waals surface area (Å²) >= 11 is 3.30. The third-order valence-electron chi connectivity index (χ3n) is 3.26. The van der Waals surface area contributed by atoms with Crippen LogP contribution in [0.2, 0.25) is 0 Å². The summed E-state index contributed by atoms with van der Waals surface area (Å²) < 4.78 is 0. The summed E-state index contributed by atoms with van der Waals surface area (Å²) in [5, 5.41) is 4.08. The zero-order valence-electron chi connectivity index (χ0n) is 10.7. The summed E-state index contributed by atoms with van der Waals surface area (Å²) in [5.41, 5.74) is 5.89. The molecule has 1 saturated heterocycles. The number of anilines is 2. The molecule has 1 aromatic heterocycles. The van der Waals surface area contributed by atoms with Crippen molar-refractivity contribution in [3.63, 3.8) is 0 Å². The quantitative estimate of drug-likeness (QED) is 0.891. The molecule has 0 aromatic carbocycles. The van der Waals surface area contributed by atoms with E-state index in [4.69, 9.17) is 5.73 Å². The molecule has 5 nitrogen and oxygen atoms in total. The van der Waals surface area contributed by atoms with Crippen molar-refractivity contribution in [3.8, 4) is 0 Å². The molecule has 1 aliphatic heterocycles. The van der Waals surface area contributed by atoms with Gasteiger partial charge in [-0.25, -0.2) is 4.98 Å². The number of hydrogen-bond donors (Lipinski definition) is 2. The lowest BCUT2D eigenvalue weighted by Gasteiger charge is -2.18. The van der Waals surface area contributed by atoms with E-state index in [9.17, 15) is 4.79 Å². The number of carbonyl (C=O) groups is 1. The van der Waals surface area contributed by atoms with Crippen molar-refractivity contribution in [1.29, 1.82) is 0 Å². The Balaban J connectivity index is 1.72. The third kappa shape index (κ3) is 3.14. The van der Waals surface area contributed by atoms with Gasteiger partial charge in [0.25, 0.3) is 5.91 Å². The van der Waals surface area contributed by atoms with Gasteiger partial charge in [-0.05, 0) is 25.0 Å². The summed E-state index contributed by atoms with van der Waals surface area (Å²) in [6.07, 6.45) is 3.43. The molecule has 1 saturated carbocycles. The van der Waals surface area contributed by atoms with Crippen LogP contribution in [0.15, 0.2) is 0 Å². The summed E-state index contributed by atoms with van der Waals surface area (Å²) in [5.74, 6) is 2.56. The number of rotatable bonds is 3. The van der Waals surface area contributed by atoms with Gasteiger partial charge in [0.05, 0.1) is 0 Å². The van der Waals surface area contributed by atoms with E-state index in [-0.39, 0.29) is 5.91 Å². The second-order valence-corrected chi connectivity index (χ2v) is 7.13. The zero-order chi connectivity index (χ0) is 13.2. The molecular formula is C12H18N4OS2. The number of nitrogens with zero attached hydrogens (tertiary/aromatic N) is 2. The van der Waals surface area contributed by atoms with Crippen molar-refractivity contribution < 1.29 is 4.79 Å². The molecule has 1 aromatic rings. The van der Waals surface area contributed by atoms with Crippen LogP contribution in [0.3, 0.4) is 0 Å². The highest BCUT2D eigenvalue weighted by atomic mass is 32.2. The molecule has 0 bridgehead atoms. The van der Waals surface area contributed by atoms with E-state index in [0.29, 0.717) is 16.7 Å². The van der Waals surface area contributed by atoms with E-state index < -0.39 is 0 Å². The largest absolute Gasteiger partial charge is 0.382 e. The van der Waals surface area contributed by atoms with Crippen LogP contribution >= 0.6 is 23.1 Å². The van der Waals surface area contributed by atoms with Gasteiger partial charge in [-0.2, -0.15) is 11.8 Å². The highest BCUT2D eigenvalue weighted by Crippen LogP contribution is 2.31. The summed E-state index contributed by atoms with van der Waals surface area (Å²) in [6, 6.07) is 0.531. The molecule has 3 N–H and O–H groups in total. The van der Waals surface area contributed by atoms with E-state index in [2.05, 4.69) is 10.3 Å². The van der Waals surface area contributed by atoms with Crippen molar-refractivity contribution in [2.75, 3.05) is 35.6 Å². The molecule has 2 aliphatic rings. The Kier molecular flexibility index (Phi) is 3.83. The number of nitrogens with two attached hydrogens (primary N) is 1. The van der Waals surface area contributed by atoms with Crippen LogP contribution in [-0.4, -0.2) is 46.4 Å². The molecule has 3 rings (SSSR count). The van der Waals surface area contributed by atoms with Crippen molar-refractivity contribution in [1.82, 2.24) is 9.88 Å². The zero-order valence-corrected chi connectivity index (χ0v) is 12.4. The smallest absolute Gasteiger partial charge is 0.267 e. The third-order valence-corrected chi connectivity index (χ3v) is 5.30. The average molecular weight is 298 g/mol. The number of nitrogens with one attached hydrogen (secondary N) is 1. The summed E-state index contributed by atoms with van der Waals surface area (Å²) in [4.78, 5) is 19.2. The Hall–Kier alpha value is -0.950. The maximum atomic E-state index is 12.5. The molecule has 1 aliphatic carbocycles. The first-order valence-corrected chi connectivity index (χ1v) is 8.61. The number of thioether (sulfide) groups is 1. The van der Waals surface area contributed by atoms with E-state index in [1.807, 2.05) is 16.7 Å². The lowest BCUT2D eigenvalue weighted by atomic mass is 10.3. The SMILES string of the molecule is Nc1nc(NC2CC2)sc1C(=O)N1CCCSCC1. The molecule has 2 fully saturated rings. The normalized spacial score (nSPS) is 20.1. The summed E-state index contributed by atoms with van der Waals surface area (Å²) in [7, 11) is 0. The molecular weight excluding hydrogens is 280 g/mol. The molecule has 1 amide bonds. The Labute approximate surface area is 120 Å². The Morgan fingerprint density at radius 3 is 3.00 bits per heavy atom. The van der Waals surface area contributed by atoms with Gasteiger partial charge in [-0.15, -0.1) is 0 Å². The first-order valence-electron chi connectivity index (χ1n) is 6.64. The standard InChI is InChI=1S/C12H18N4OS2/c13-10-9(19-12(15-10)14-8-2-3-8)11(17)16-4-1-6-18-7-5-16/h8H,1-7,13H2,(H,14,15).